The molecule has 3 unspecified atom stereocenters. The highest BCUT2D eigenvalue weighted by atomic mass is 32.1. The van der Waals surface area contributed by atoms with Gasteiger partial charge in [0.25, 0.3) is 0 Å². The van der Waals surface area contributed by atoms with Gasteiger partial charge in [0.15, 0.2) is 0 Å². The van der Waals surface area contributed by atoms with Crippen LogP contribution in [-0.2, 0) is 0 Å². The van der Waals surface area contributed by atoms with Gasteiger partial charge >= 0.3 is 0 Å². The van der Waals surface area contributed by atoms with E-state index in [-0.39, 0.29) is 0 Å². The molecule has 2 N–H and O–H groups in total. The molecular weight excluding hydrogens is 242 g/mol. The molecule has 0 amide bonds. The molecule has 3 atom stereocenters. The average Bonchev–Trinajstić information content (AvgIpc) is 2.83. The van der Waals surface area contributed by atoms with E-state index in [1.165, 1.54) is 35.7 Å². The minimum atomic E-state index is 0.368. The first-order chi connectivity index (χ1) is 8.69. The van der Waals surface area contributed by atoms with Crippen molar-refractivity contribution in [1.82, 2.24) is 15.6 Å². The Bertz CT molecular complexity index is 364. The molecular formula is C14H25N3S. The number of piperidine rings is 1. The minimum absolute atomic E-state index is 0.368. The van der Waals surface area contributed by atoms with Crippen LogP contribution < -0.4 is 10.6 Å². The van der Waals surface area contributed by atoms with Crippen molar-refractivity contribution in [2.75, 3.05) is 13.1 Å². The van der Waals surface area contributed by atoms with Crippen LogP contribution in [0.4, 0.5) is 0 Å². The summed E-state index contributed by atoms with van der Waals surface area (Å²) in [5, 5.41) is 8.43. The second-order valence-electron chi connectivity index (χ2n) is 5.39. The highest BCUT2D eigenvalue weighted by Crippen LogP contribution is 2.21. The van der Waals surface area contributed by atoms with Crippen molar-refractivity contribution in [2.45, 2.75) is 52.1 Å². The van der Waals surface area contributed by atoms with Gasteiger partial charge in [-0.25, -0.2) is 4.98 Å². The molecule has 0 bridgehead atoms. The molecule has 102 valence electrons. The fourth-order valence-electron chi connectivity index (χ4n) is 2.60. The van der Waals surface area contributed by atoms with Crippen molar-refractivity contribution in [3.05, 3.63) is 16.1 Å². The van der Waals surface area contributed by atoms with Crippen LogP contribution in [0.3, 0.4) is 0 Å². The lowest BCUT2D eigenvalue weighted by atomic mass is 9.90. The zero-order chi connectivity index (χ0) is 13.0. The van der Waals surface area contributed by atoms with Crippen molar-refractivity contribution in [3.8, 4) is 0 Å². The number of nitrogens with zero attached hydrogens (tertiary/aromatic N) is 1. The first kappa shape index (κ1) is 14.0. The van der Waals surface area contributed by atoms with Crippen LogP contribution >= 0.6 is 11.3 Å². The zero-order valence-corrected chi connectivity index (χ0v) is 12.5. The molecule has 0 aromatic carbocycles. The van der Waals surface area contributed by atoms with Gasteiger partial charge in [-0.15, -0.1) is 11.3 Å². The normalized spacial score (nSPS) is 26.2. The van der Waals surface area contributed by atoms with E-state index in [4.69, 9.17) is 0 Å². The maximum Gasteiger partial charge on any atom is 0.109 e. The molecule has 0 saturated carbocycles. The van der Waals surface area contributed by atoms with E-state index in [1.54, 1.807) is 11.3 Å². The van der Waals surface area contributed by atoms with Crippen molar-refractivity contribution >= 4 is 11.3 Å². The molecule has 2 rings (SSSR count). The molecule has 1 aliphatic heterocycles. The van der Waals surface area contributed by atoms with Crippen molar-refractivity contribution < 1.29 is 0 Å². The number of aromatic nitrogens is 1. The number of hydrogen-bond donors (Lipinski definition) is 2. The van der Waals surface area contributed by atoms with Crippen LogP contribution in [-0.4, -0.2) is 24.1 Å². The Kier molecular flexibility index (Phi) is 5.15. The number of hydrogen-bond acceptors (Lipinski definition) is 4. The summed E-state index contributed by atoms with van der Waals surface area (Å²) in [6, 6.07) is 1.000. The SMILES string of the molecule is CCC1CCNC(CNC(C)c2ncc(C)s2)C1. The zero-order valence-electron chi connectivity index (χ0n) is 11.7. The van der Waals surface area contributed by atoms with Gasteiger partial charge in [-0.2, -0.15) is 0 Å². The van der Waals surface area contributed by atoms with Crippen LogP contribution in [0.2, 0.25) is 0 Å². The van der Waals surface area contributed by atoms with Crippen molar-refractivity contribution in [1.29, 1.82) is 0 Å². The third kappa shape index (κ3) is 3.77. The Balaban J connectivity index is 1.77. The maximum absolute atomic E-state index is 4.45. The summed E-state index contributed by atoms with van der Waals surface area (Å²) in [7, 11) is 0. The van der Waals surface area contributed by atoms with E-state index in [1.807, 2.05) is 6.20 Å². The van der Waals surface area contributed by atoms with E-state index >= 15 is 0 Å². The maximum atomic E-state index is 4.45. The Morgan fingerprint density at radius 2 is 2.44 bits per heavy atom. The predicted molar refractivity (Wildman–Crippen MR) is 78.1 cm³/mol. The highest BCUT2D eigenvalue weighted by Gasteiger charge is 2.20. The Morgan fingerprint density at radius 3 is 3.11 bits per heavy atom. The van der Waals surface area contributed by atoms with Gasteiger partial charge in [0.05, 0.1) is 6.04 Å². The van der Waals surface area contributed by atoms with Gasteiger partial charge in [-0.05, 0) is 39.2 Å². The monoisotopic (exact) mass is 267 g/mol. The van der Waals surface area contributed by atoms with E-state index in [9.17, 15) is 0 Å². The third-order valence-electron chi connectivity index (χ3n) is 3.86. The molecule has 1 aliphatic rings. The molecule has 0 radical (unpaired) electrons. The molecule has 2 heterocycles. The third-order valence-corrected chi connectivity index (χ3v) is 4.96. The quantitative estimate of drug-likeness (QED) is 0.861. The van der Waals surface area contributed by atoms with E-state index in [2.05, 4.69) is 36.4 Å². The lowest BCUT2D eigenvalue weighted by molar-refractivity contribution is 0.283. The highest BCUT2D eigenvalue weighted by molar-refractivity contribution is 7.11. The van der Waals surface area contributed by atoms with Crippen molar-refractivity contribution in [3.63, 3.8) is 0 Å². The van der Waals surface area contributed by atoms with Gasteiger partial charge in [0, 0.05) is 23.7 Å². The van der Waals surface area contributed by atoms with Gasteiger partial charge in [0.2, 0.25) is 0 Å². The first-order valence-electron chi connectivity index (χ1n) is 7.08. The topological polar surface area (TPSA) is 37.0 Å². The minimum Gasteiger partial charge on any atom is -0.313 e. The van der Waals surface area contributed by atoms with E-state index in [0.717, 1.165) is 12.5 Å². The second kappa shape index (κ2) is 6.64. The molecule has 1 aromatic heterocycles. The van der Waals surface area contributed by atoms with Gasteiger partial charge in [-0.3, -0.25) is 0 Å². The van der Waals surface area contributed by atoms with Gasteiger partial charge in [-0.1, -0.05) is 13.3 Å². The van der Waals surface area contributed by atoms with Crippen LogP contribution in [0.1, 0.15) is 49.0 Å². The standard InChI is InChI=1S/C14H25N3S/c1-4-12-5-6-15-13(7-12)9-16-11(3)14-17-8-10(2)18-14/h8,11-13,15-16H,4-7,9H2,1-3H3. The first-order valence-corrected chi connectivity index (χ1v) is 7.89. The summed E-state index contributed by atoms with van der Waals surface area (Å²) < 4.78 is 0. The van der Waals surface area contributed by atoms with Crippen LogP contribution in [0.25, 0.3) is 0 Å². The van der Waals surface area contributed by atoms with Gasteiger partial charge < -0.3 is 10.6 Å². The Hall–Kier alpha value is -0.450. The second-order valence-corrected chi connectivity index (χ2v) is 6.66. The van der Waals surface area contributed by atoms with E-state index in [0.29, 0.717) is 12.1 Å². The van der Waals surface area contributed by atoms with Crippen LogP contribution in [0.5, 0.6) is 0 Å². The number of nitrogens with one attached hydrogen (secondary N) is 2. The molecule has 0 aliphatic carbocycles. The van der Waals surface area contributed by atoms with Crippen molar-refractivity contribution in [2.24, 2.45) is 5.92 Å². The fraction of sp³-hybridized carbons (Fsp3) is 0.786. The summed E-state index contributed by atoms with van der Waals surface area (Å²) >= 11 is 1.79. The number of thiazole rings is 1. The molecule has 4 heteroatoms. The average molecular weight is 267 g/mol. The van der Waals surface area contributed by atoms with Gasteiger partial charge in [0.1, 0.15) is 5.01 Å². The summed E-state index contributed by atoms with van der Waals surface area (Å²) in [5.74, 6) is 0.912. The number of aryl methyl sites for hydroxylation is 1. The summed E-state index contributed by atoms with van der Waals surface area (Å²) in [6.45, 7) is 8.86. The smallest absolute Gasteiger partial charge is 0.109 e. The predicted octanol–water partition coefficient (Wildman–Crippen LogP) is 2.88. The number of rotatable bonds is 5. The molecule has 0 spiro atoms. The summed E-state index contributed by atoms with van der Waals surface area (Å²) in [5.41, 5.74) is 0. The molecule has 1 saturated heterocycles. The molecule has 1 fully saturated rings. The summed E-state index contributed by atoms with van der Waals surface area (Å²) in [4.78, 5) is 5.74. The lowest BCUT2D eigenvalue weighted by Gasteiger charge is -2.30. The van der Waals surface area contributed by atoms with E-state index < -0.39 is 0 Å². The fourth-order valence-corrected chi connectivity index (χ4v) is 3.40. The lowest BCUT2D eigenvalue weighted by Crippen LogP contribution is -2.44. The Morgan fingerprint density at radius 1 is 1.61 bits per heavy atom. The summed E-state index contributed by atoms with van der Waals surface area (Å²) in [6.07, 6.45) is 5.94. The molecule has 3 nitrogen and oxygen atoms in total. The molecule has 1 aromatic rings. The van der Waals surface area contributed by atoms with Crippen LogP contribution in [0, 0.1) is 12.8 Å². The largest absolute Gasteiger partial charge is 0.313 e. The Labute approximate surface area is 114 Å². The van der Waals surface area contributed by atoms with Crippen LogP contribution in [0.15, 0.2) is 6.20 Å². The molecule has 18 heavy (non-hydrogen) atoms.